The van der Waals surface area contributed by atoms with E-state index in [4.69, 9.17) is 18.9 Å². The zero-order chi connectivity index (χ0) is 39.3. The first-order valence-corrected chi connectivity index (χ1v) is 18.4. The number of amides is 4. The lowest BCUT2D eigenvalue weighted by atomic mass is 9.96. The highest BCUT2D eigenvalue weighted by Crippen LogP contribution is 2.21. The molecule has 300 valence electrons. The van der Waals surface area contributed by atoms with Crippen molar-refractivity contribution in [3.05, 3.63) is 0 Å². The summed E-state index contributed by atoms with van der Waals surface area (Å²) in [5.74, 6) is -1.30. The summed E-state index contributed by atoms with van der Waals surface area (Å²) in [7, 11) is 0. The highest BCUT2D eigenvalue weighted by atomic mass is 16.6. The van der Waals surface area contributed by atoms with Crippen molar-refractivity contribution in [1.29, 1.82) is 0 Å². The van der Waals surface area contributed by atoms with Gasteiger partial charge in [0, 0.05) is 74.5 Å². The molecule has 8 N–H and O–H groups in total. The van der Waals surface area contributed by atoms with Crippen LogP contribution in [0.3, 0.4) is 0 Å². The molecule has 6 rings (SSSR count). The van der Waals surface area contributed by atoms with Crippen LogP contribution in [0.1, 0.15) is 83.1 Å². The summed E-state index contributed by atoms with van der Waals surface area (Å²) in [6.07, 6.45) is 0. The maximum absolute atomic E-state index is 13.9. The van der Waals surface area contributed by atoms with Gasteiger partial charge in [-0.1, -0.05) is 0 Å². The van der Waals surface area contributed by atoms with Crippen LogP contribution >= 0.6 is 0 Å². The van der Waals surface area contributed by atoms with E-state index in [1.54, 1.807) is 27.7 Å². The van der Waals surface area contributed by atoms with Gasteiger partial charge in [-0.3, -0.25) is 19.2 Å². The Labute approximate surface area is 310 Å². The number of carbonyl (C=O) groups is 4. The number of carbonyl (C=O) groups excluding carboxylic acids is 4. The number of ether oxygens (including phenoxy) is 4. The van der Waals surface area contributed by atoms with Gasteiger partial charge in [0.15, 0.2) is 22.4 Å². The van der Waals surface area contributed by atoms with Crippen LogP contribution in [0.25, 0.3) is 0 Å². The van der Waals surface area contributed by atoms with Crippen LogP contribution in [-0.4, -0.2) is 147 Å². The number of nitrogens with one attached hydrogen (secondary N) is 8. The second-order valence-electron chi connectivity index (χ2n) is 18.1. The molecule has 0 aromatic rings. The molecule has 6 heterocycles. The van der Waals surface area contributed by atoms with Crippen molar-refractivity contribution >= 4 is 23.6 Å². The predicted molar refractivity (Wildman–Crippen MR) is 198 cm³/mol. The molecule has 4 unspecified atom stereocenters. The minimum atomic E-state index is -1.33. The predicted octanol–water partition coefficient (Wildman–Crippen LogP) is -0.934. The maximum Gasteiger partial charge on any atom is 0.253 e. The van der Waals surface area contributed by atoms with Gasteiger partial charge in [-0.05, 0) is 83.1 Å². The lowest BCUT2D eigenvalue weighted by Crippen LogP contribution is -2.65. The van der Waals surface area contributed by atoms with Gasteiger partial charge in [0.1, 0.15) is 0 Å². The smallest absolute Gasteiger partial charge is 0.253 e. The minimum Gasteiger partial charge on any atom is -0.362 e. The van der Waals surface area contributed by atoms with Crippen molar-refractivity contribution in [2.75, 3.05) is 78.8 Å². The molecule has 6 aliphatic heterocycles. The van der Waals surface area contributed by atoms with Crippen molar-refractivity contribution in [3.8, 4) is 0 Å². The molecule has 16 heteroatoms. The Morgan fingerprint density at radius 2 is 0.500 bits per heavy atom. The van der Waals surface area contributed by atoms with E-state index in [0.717, 1.165) is 0 Å². The van der Waals surface area contributed by atoms with Gasteiger partial charge in [-0.2, -0.15) is 0 Å². The second-order valence-corrected chi connectivity index (χ2v) is 18.1. The average Bonchev–Trinajstić information content (AvgIpc) is 2.99. The first-order valence-electron chi connectivity index (χ1n) is 18.4. The van der Waals surface area contributed by atoms with E-state index in [2.05, 4.69) is 42.5 Å². The van der Waals surface area contributed by atoms with Crippen LogP contribution in [0.5, 0.6) is 0 Å². The third-order valence-corrected chi connectivity index (χ3v) is 9.70. The standard InChI is InChI=1S/C36H68N8O8/c1-29(2)17-37-21-34(10)26(46)42-30(3,4)18-38-22-33(9,25(45)41-29)49-13-14-51-35(11)23-39-19-32(7,8)44-28(48)36(12,52-16-15-50-34)24-40-20-31(5,6)43-27(35)47/h37-40H,13-24H2,1-12H3,(H,41,45)(H,42,46)(H,43,47)(H,44,48). The summed E-state index contributed by atoms with van der Waals surface area (Å²) < 4.78 is 25.2. The molecule has 4 bridgehead atoms. The van der Waals surface area contributed by atoms with E-state index in [9.17, 15) is 19.2 Å². The molecule has 6 fully saturated rings. The largest absolute Gasteiger partial charge is 0.362 e. The highest BCUT2D eigenvalue weighted by molar-refractivity contribution is 5.87. The highest BCUT2D eigenvalue weighted by Gasteiger charge is 2.44. The molecular formula is C36H68N8O8. The molecular weight excluding hydrogens is 672 g/mol. The van der Waals surface area contributed by atoms with Crippen LogP contribution in [0, 0.1) is 0 Å². The van der Waals surface area contributed by atoms with Gasteiger partial charge in [-0.15, -0.1) is 0 Å². The van der Waals surface area contributed by atoms with Gasteiger partial charge in [0.05, 0.1) is 26.4 Å². The van der Waals surface area contributed by atoms with Crippen molar-refractivity contribution in [3.63, 3.8) is 0 Å². The lowest BCUT2D eigenvalue weighted by Gasteiger charge is -2.40. The minimum absolute atomic E-state index is 0.00799. The fourth-order valence-electron chi connectivity index (χ4n) is 6.24. The van der Waals surface area contributed by atoms with E-state index in [-0.39, 0.29) is 76.2 Å². The Morgan fingerprint density at radius 1 is 0.327 bits per heavy atom. The summed E-state index contributed by atoms with van der Waals surface area (Å²) >= 11 is 0. The quantitative estimate of drug-likeness (QED) is 0.152. The molecule has 4 atom stereocenters. The molecule has 4 amide bonds. The van der Waals surface area contributed by atoms with Crippen LogP contribution in [0.2, 0.25) is 0 Å². The maximum atomic E-state index is 13.9. The van der Waals surface area contributed by atoms with E-state index >= 15 is 0 Å². The van der Waals surface area contributed by atoms with Gasteiger partial charge < -0.3 is 61.5 Å². The fourth-order valence-corrected chi connectivity index (χ4v) is 6.24. The van der Waals surface area contributed by atoms with Gasteiger partial charge in [0.2, 0.25) is 0 Å². The number of hydrogen-bond acceptors (Lipinski definition) is 12. The molecule has 6 aliphatic rings. The molecule has 0 spiro atoms. The summed E-state index contributed by atoms with van der Waals surface area (Å²) in [4.78, 5) is 55.7. The van der Waals surface area contributed by atoms with Crippen LogP contribution in [-0.2, 0) is 38.1 Å². The summed E-state index contributed by atoms with van der Waals surface area (Å²) in [5, 5.41) is 25.7. The SMILES string of the molecule is CC1(C)CNCC2(C)OCCOC3(C)CNCC(C)(C)NC(=O)C(C)(CNCC(C)(C)NC3=O)OCCOC(C)(CNCC(C)(C)NC2=O)C(=O)N1. The monoisotopic (exact) mass is 741 g/mol. The summed E-state index contributed by atoms with van der Waals surface area (Å²) in [6, 6.07) is 0. The molecule has 16 nitrogen and oxygen atoms in total. The van der Waals surface area contributed by atoms with E-state index in [1.165, 1.54) is 0 Å². The van der Waals surface area contributed by atoms with E-state index < -0.39 is 44.6 Å². The Morgan fingerprint density at radius 3 is 0.673 bits per heavy atom. The topological polar surface area (TPSA) is 201 Å². The zero-order valence-electron chi connectivity index (χ0n) is 33.8. The summed E-state index contributed by atoms with van der Waals surface area (Å²) in [6.45, 7) is 23.7. The summed E-state index contributed by atoms with van der Waals surface area (Å²) in [5.41, 5.74) is -8.28. The van der Waals surface area contributed by atoms with Crippen molar-refractivity contribution in [1.82, 2.24) is 42.5 Å². The van der Waals surface area contributed by atoms with Gasteiger partial charge in [0.25, 0.3) is 23.6 Å². The van der Waals surface area contributed by atoms with Crippen molar-refractivity contribution in [2.45, 2.75) is 128 Å². The molecule has 0 aliphatic carbocycles. The second kappa shape index (κ2) is 16.5. The molecule has 52 heavy (non-hydrogen) atoms. The van der Waals surface area contributed by atoms with Crippen LogP contribution < -0.4 is 42.5 Å². The third-order valence-electron chi connectivity index (χ3n) is 9.70. The van der Waals surface area contributed by atoms with E-state index in [1.807, 2.05) is 55.4 Å². The molecule has 0 aromatic carbocycles. The van der Waals surface area contributed by atoms with Crippen molar-refractivity contribution < 1.29 is 38.1 Å². The fraction of sp³-hybridized carbons (Fsp3) is 0.889. The van der Waals surface area contributed by atoms with E-state index in [0.29, 0.717) is 26.2 Å². The number of hydrogen-bond donors (Lipinski definition) is 8. The first-order chi connectivity index (χ1) is 23.8. The van der Waals surface area contributed by atoms with Crippen LogP contribution in [0.4, 0.5) is 0 Å². The Balaban J connectivity index is 2.08. The third kappa shape index (κ3) is 12.3. The zero-order valence-corrected chi connectivity index (χ0v) is 33.8. The average molecular weight is 741 g/mol. The normalized spacial score (nSPS) is 36.2. The lowest BCUT2D eigenvalue weighted by molar-refractivity contribution is -0.160. The van der Waals surface area contributed by atoms with Crippen molar-refractivity contribution in [2.24, 2.45) is 0 Å². The Kier molecular flexibility index (Phi) is 14.0. The molecule has 0 aromatic heterocycles. The van der Waals surface area contributed by atoms with Gasteiger partial charge >= 0.3 is 0 Å². The van der Waals surface area contributed by atoms with Crippen LogP contribution in [0.15, 0.2) is 0 Å². The first kappa shape index (κ1) is 44.0. The Hall–Kier alpha value is -2.44. The Bertz CT molecular complexity index is 1100. The van der Waals surface area contributed by atoms with Gasteiger partial charge in [-0.25, -0.2) is 0 Å². The molecule has 0 radical (unpaired) electrons. The molecule has 6 saturated heterocycles. The molecule has 0 saturated carbocycles. The number of rotatable bonds is 0.